The zero-order valence-corrected chi connectivity index (χ0v) is 18.6. The molecule has 0 fully saturated rings. The highest BCUT2D eigenvalue weighted by Gasteiger charge is 2.11. The van der Waals surface area contributed by atoms with Gasteiger partial charge in [-0.1, -0.05) is 49.9 Å². The lowest BCUT2D eigenvalue weighted by Gasteiger charge is -2.10. The van der Waals surface area contributed by atoms with Gasteiger partial charge in [-0.15, -0.1) is 10.2 Å². The van der Waals surface area contributed by atoms with Crippen molar-refractivity contribution in [3.63, 3.8) is 0 Å². The van der Waals surface area contributed by atoms with Crippen LogP contribution >= 0.6 is 11.8 Å². The largest absolute Gasteiger partial charge is 0.484 e. The lowest BCUT2D eigenvalue weighted by atomic mass is 9.99. The van der Waals surface area contributed by atoms with Gasteiger partial charge < -0.3 is 14.5 Å². The minimum absolute atomic E-state index is 0.123. The Morgan fingerprint density at radius 1 is 1.17 bits per heavy atom. The Kier molecular flexibility index (Phi) is 7.52. The Bertz CT molecular complexity index is 986. The highest BCUT2D eigenvalue weighted by Crippen LogP contribution is 2.23. The molecule has 0 aliphatic carbocycles. The number of thioether (sulfide) groups is 1. The molecule has 1 aromatic heterocycles. The lowest BCUT2D eigenvalue weighted by molar-refractivity contribution is -0.113. The predicted octanol–water partition coefficient (Wildman–Crippen LogP) is 5.51. The van der Waals surface area contributed by atoms with Crippen molar-refractivity contribution in [3.8, 4) is 5.75 Å². The molecule has 1 amide bonds. The number of carbonyl (C=O) groups excluding carboxylic acids is 1. The molecule has 1 heterocycles. The molecule has 1 unspecified atom stereocenters. The summed E-state index contributed by atoms with van der Waals surface area (Å²) in [6, 6.07) is 14.0. The number of aromatic nitrogens is 2. The SMILES string of the molecule is CCC(C)c1ccc(NC(=O)CSc2nnc(COc3cc(C)ccc3C)o2)cc1. The summed E-state index contributed by atoms with van der Waals surface area (Å²) in [6.07, 6.45) is 1.09. The van der Waals surface area contributed by atoms with Crippen molar-refractivity contribution in [2.75, 3.05) is 11.1 Å². The van der Waals surface area contributed by atoms with Crippen molar-refractivity contribution >= 4 is 23.4 Å². The number of hydrogen-bond donors (Lipinski definition) is 1. The fourth-order valence-corrected chi connectivity index (χ4v) is 3.39. The maximum absolute atomic E-state index is 12.2. The minimum atomic E-state index is -0.123. The molecule has 0 saturated carbocycles. The highest BCUT2D eigenvalue weighted by molar-refractivity contribution is 7.99. The molecule has 158 valence electrons. The van der Waals surface area contributed by atoms with Gasteiger partial charge in [0, 0.05) is 5.69 Å². The molecule has 2 aromatic carbocycles. The molecule has 0 aliphatic heterocycles. The van der Waals surface area contributed by atoms with Crippen LogP contribution in [0, 0.1) is 13.8 Å². The Hall–Kier alpha value is -2.80. The summed E-state index contributed by atoms with van der Waals surface area (Å²) < 4.78 is 11.3. The van der Waals surface area contributed by atoms with Gasteiger partial charge in [0.1, 0.15) is 5.75 Å². The van der Waals surface area contributed by atoms with Gasteiger partial charge in [-0.25, -0.2) is 0 Å². The van der Waals surface area contributed by atoms with E-state index in [1.54, 1.807) is 0 Å². The summed E-state index contributed by atoms with van der Waals surface area (Å²) in [6.45, 7) is 8.54. The van der Waals surface area contributed by atoms with Crippen LogP contribution in [0.4, 0.5) is 5.69 Å². The standard InChI is InChI=1S/C23H27N3O3S/c1-5-16(3)18-8-10-19(11-9-18)24-21(27)14-30-23-26-25-22(29-23)13-28-20-12-15(2)6-7-17(20)4/h6-12,16H,5,13-14H2,1-4H3,(H,24,27). The van der Waals surface area contributed by atoms with Crippen molar-refractivity contribution in [2.45, 2.75) is 51.9 Å². The molecule has 3 aromatic rings. The van der Waals surface area contributed by atoms with Gasteiger partial charge in [-0.3, -0.25) is 4.79 Å². The van der Waals surface area contributed by atoms with Crippen LogP contribution in [0.5, 0.6) is 5.75 Å². The molecule has 0 bridgehead atoms. The van der Waals surface area contributed by atoms with E-state index in [0.717, 1.165) is 29.0 Å². The Morgan fingerprint density at radius 3 is 2.67 bits per heavy atom. The molecule has 7 heteroatoms. The first-order valence-electron chi connectivity index (χ1n) is 9.99. The summed E-state index contributed by atoms with van der Waals surface area (Å²) in [7, 11) is 0. The van der Waals surface area contributed by atoms with Crippen LogP contribution in [-0.4, -0.2) is 21.9 Å². The summed E-state index contributed by atoms with van der Waals surface area (Å²) in [5, 5.41) is 11.2. The molecule has 6 nitrogen and oxygen atoms in total. The van der Waals surface area contributed by atoms with Gasteiger partial charge in [-0.05, 0) is 61.1 Å². The van der Waals surface area contributed by atoms with Crippen LogP contribution in [-0.2, 0) is 11.4 Å². The number of nitrogens with zero attached hydrogens (tertiary/aromatic N) is 2. The molecular weight excluding hydrogens is 398 g/mol. The zero-order valence-electron chi connectivity index (χ0n) is 17.8. The number of anilines is 1. The molecule has 1 N–H and O–H groups in total. The maximum Gasteiger partial charge on any atom is 0.277 e. The van der Waals surface area contributed by atoms with Crippen LogP contribution in [0.25, 0.3) is 0 Å². The molecular formula is C23H27N3O3S. The number of amides is 1. The van der Waals surface area contributed by atoms with E-state index in [4.69, 9.17) is 9.15 Å². The topological polar surface area (TPSA) is 77.2 Å². The normalized spacial score (nSPS) is 11.9. The van der Waals surface area contributed by atoms with Crippen molar-refractivity contribution in [1.29, 1.82) is 0 Å². The fourth-order valence-electron chi connectivity index (χ4n) is 2.81. The first kappa shape index (κ1) is 21.9. The summed E-state index contributed by atoms with van der Waals surface area (Å²) in [4.78, 5) is 12.2. The van der Waals surface area contributed by atoms with Crippen LogP contribution in [0.1, 0.15) is 48.8 Å². The number of nitrogens with one attached hydrogen (secondary N) is 1. The Labute approximate surface area is 181 Å². The number of benzene rings is 2. The summed E-state index contributed by atoms with van der Waals surface area (Å²) >= 11 is 1.20. The first-order chi connectivity index (χ1) is 14.4. The second-order valence-electron chi connectivity index (χ2n) is 7.29. The number of rotatable bonds is 9. The van der Waals surface area contributed by atoms with Crippen LogP contribution in [0.15, 0.2) is 52.1 Å². The third kappa shape index (κ3) is 6.10. The van der Waals surface area contributed by atoms with E-state index in [0.29, 0.717) is 17.0 Å². The van der Waals surface area contributed by atoms with E-state index in [-0.39, 0.29) is 18.3 Å². The number of carbonyl (C=O) groups is 1. The van der Waals surface area contributed by atoms with Crippen molar-refractivity contribution in [3.05, 3.63) is 65.0 Å². The quantitative estimate of drug-likeness (QED) is 0.456. The van der Waals surface area contributed by atoms with E-state index in [9.17, 15) is 4.79 Å². The average molecular weight is 426 g/mol. The second kappa shape index (κ2) is 10.3. The second-order valence-corrected chi connectivity index (χ2v) is 8.21. The van der Waals surface area contributed by atoms with Crippen LogP contribution < -0.4 is 10.1 Å². The van der Waals surface area contributed by atoms with Crippen LogP contribution in [0.3, 0.4) is 0 Å². The smallest absolute Gasteiger partial charge is 0.277 e. The molecule has 1 atom stereocenters. The van der Waals surface area contributed by atoms with E-state index >= 15 is 0 Å². The van der Waals surface area contributed by atoms with E-state index in [1.165, 1.54) is 17.3 Å². The summed E-state index contributed by atoms with van der Waals surface area (Å²) in [5.74, 6) is 1.74. The van der Waals surface area contributed by atoms with Crippen molar-refractivity contribution in [2.24, 2.45) is 0 Å². The minimum Gasteiger partial charge on any atom is -0.484 e. The van der Waals surface area contributed by atoms with Gasteiger partial charge in [0.25, 0.3) is 11.1 Å². The number of aryl methyl sites for hydroxylation is 2. The zero-order chi connectivity index (χ0) is 21.5. The van der Waals surface area contributed by atoms with Gasteiger partial charge in [0.15, 0.2) is 6.61 Å². The third-order valence-electron chi connectivity index (χ3n) is 4.85. The van der Waals surface area contributed by atoms with Crippen molar-refractivity contribution in [1.82, 2.24) is 10.2 Å². The van der Waals surface area contributed by atoms with Crippen LogP contribution in [0.2, 0.25) is 0 Å². The van der Waals surface area contributed by atoms with Gasteiger partial charge in [0.05, 0.1) is 5.75 Å². The monoisotopic (exact) mass is 425 g/mol. The summed E-state index contributed by atoms with van der Waals surface area (Å²) in [5.41, 5.74) is 4.22. The third-order valence-corrected chi connectivity index (χ3v) is 5.66. The van der Waals surface area contributed by atoms with E-state index < -0.39 is 0 Å². The van der Waals surface area contributed by atoms with Gasteiger partial charge in [0.2, 0.25) is 5.91 Å². The van der Waals surface area contributed by atoms with Gasteiger partial charge in [-0.2, -0.15) is 0 Å². The maximum atomic E-state index is 12.2. The molecule has 0 radical (unpaired) electrons. The average Bonchev–Trinajstić information content (AvgIpc) is 3.21. The fraction of sp³-hybridized carbons (Fsp3) is 0.348. The number of hydrogen-bond acceptors (Lipinski definition) is 6. The Morgan fingerprint density at radius 2 is 1.93 bits per heavy atom. The van der Waals surface area contributed by atoms with Gasteiger partial charge >= 0.3 is 0 Å². The molecule has 0 spiro atoms. The molecule has 30 heavy (non-hydrogen) atoms. The lowest BCUT2D eigenvalue weighted by Crippen LogP contribution is -2.14. The predicted molar refractivity (Wildman–Crippen MR) is 119 cm³/mol. The van der Waals surface area contributed by atoms with E-state index in [2.05, 4.69) is 41.5 Å². The van der Waals surface area contributed by atoms with Crippen molar-refractivity contribution < 1.29 is 13.9 Å². The molecule has 0 saturated heterocycles. The number of ether oxygens (including phenoxy) is 1. The molecule has 3 rings (SSSR count). The Balaban J connectivity index is 1.46. The van der Waals surface area contributed by atoms with E-state index in [1.807, 2.05) is 44.2 Å². The highest BCUT2D eigenvalue weighted by atomic mass is 32.2. The first-order valence-corrected chi connectivity index (χ1v) is 11.0. The molecule has 0 aliphatic rings.